The molecule has 144 valence electrons. The Bertz CT molecular complexity index is 950. The molecular weight excluding hydrogens is 336 g/mol. The van der Waals surface area contributed by atoms with Crippen LogP contribution in [0.2, 0.25) is 0 Å². The highest BCUT2D eigenvalue weighted by atomic mass is 16.5. The topological polar surface area (TPSA) is 34.5 Å². The zero-order valence-electron chi connectivity index (χ0n) is 17.1. The van der Waals surface area contributed by atoms with Crippen LogP contribution in [0.25, 0.3) is 21.8 Å². The van der Waals surface area contributed by atoms with Crippen molar-refractivity contribution in [3.05, 3.63) is 42.5 Å². The number of ether oxygens (including phenoxy) is 1. The average Bonchev–Trinajstić information content (AvgIpc) is 2.94. The molecule has 4 heteroatoms. The van der Waals surface area contributed by atoms with Gasteiger partial charge in [-0.1, -0.05) is 39.0 Å². The number of hydrogen-bond donors (Lipinski definition) is 0. The second kappa shape index (κ2) is 7.63. The molecule has 0 atom stereocenters. The highest BCUT2D eigenvalue weighted by Crippen LogP contribution is 2.31. The summed E-state index contributed by atoms with van der Waals surface area (Å²) < 4.78 is 7.53. The van der Waals surface area contributed by atoms with Crippen LogP contribution in [0.5, 0.6) is 5.75 Å². The fourth-order valence-corrected chi connectivity index (χ4v) is 3.49. The first-order chi connectivity index (χ1) is 12.8. The van der Waals surface area contributed by atoms with Gasteiger partial charge < -0.3 is 14.2 Å². The molecule has 2 aromatic carbocycles. The number of hydrogen-bond acceptors (Lipinski definition) is 2. The van der Waals surface area contributed by atoms with Crippen LogP contribution in [-0.4, -0.2) is 35.6 Å². The van der Waals surface area contributed by atoms with Crippen molar-refractivity contribution >= 4 is 27.7 Å². The van der Waals surface area contributed by atoms with Gasteiger partial charge in [-0.2, -0.15) is 0 Å². The lowest BCUT2D eigenvalue weighted by molar-refractivity contribution is -0.131. The lowest BCUT2D eigenvalue weighted by atomic mass is 9.92. The smallest absolute Gasteiger partial charge is 0.242 e. The maximum absolute atomic E-state index is 13.1. The predicted octanol–water partition coefficient (Wildman–Crippen LogP) is 5.09. The van der Waals surface area contributed by atoms with E-state index in [9.17, 15) is 4.79 Å². The van der Waals surface area contributed by atoms with E-state index in [2.05, 4.69) is 50.5 Å². The molecule has 27 heavy (non-hydrogen) atoms. The third-order valence-electron chi connectivity index (χ3n) is 5.14. The number of fused-ring (bicyclic) bond motifs is 3. The van der Waals surface area contributed by atoms with Gasteiger partial charge in [0.25, 0.3) is 0 Å². The van der Waals surface area contributed by atoms with E-state index >= 15 is 0 Å². The summed E-state index contributed by atoms with van der Waals surface area (Å²) in [5, 5.41) is 2.32. The van der Waals surface area contributed by atoms with Gasteiger partial charge in [0.15, 0.2) is 0 Å². The number of nitrogens with zero attached hydrogens (tertiary/aromatic N) is 2. The van der Waals surface area contributed by atoms with Crippen molar-refractivity contribution in [1.82, 2.24) is 9.47 Å². The molecule has 3 aromatic rings. The molecule has 0 aliphatic heterocycles. The van der Waals surface area contributed by atoms with E-state index in [4.69, 9.17) is 4.74 Å². The summed E-state index contributed by atoms with van der Waals surface area (Å²) in [7, 11) is 1.67. The Hall–Kier alpha value is -2.49. The van der Waals surface area contributed by atoms with Crippen LogP contribution in [0.1, 0.15) is 34.1 Å². The SMILES string of the molecule is CCN(CCC(C)(C)C)C(=O)Cn1c2ccccc2c2ccc(OC)cc21. The van der Waals surface area contributed by atoms with E-state index in [-0.39, 0.29) is 11.3 Å². The number of rotatable bonds is 6. The molecule has 4 nitrogen and oxygen atoms in total. The first-order valence-electron chi connectivity index (χ1n) is 9.67. The van der Waals surface area contributed by atoms with Crippen molar-refractivity contribution in [1.29, 1.82) is 0 Å². The molecule has 1 heterocycles. The molecule has 0 spiro atoms. The highest BCUT2D eigenvalue weighted by molar-refractivity contribution is 6.09. The van der Waals surface area contributed by atoms with E-state index in [1.807, 2.05) is 29.2 Å². The standard InChI is InChI=1S/C23H30N2O2/c1-6-24(14-13-23(2,3)4)22(26)16-25-20-10-8-7-9-18(20)19-12-11-17(27-5)15-21(19)25/h7-12,15H,6,13-14,16H2,1-5H3. The summed E-state index contributed by atoms with van der Waals surface area (Å²) in [5.41, 5.74) is 2.34. The maximum atomic E-state index is 13.1. The third-order valence-corrected chi connectivity index (χ3v) is 5.14. The van der Waals surface area contributed by atoms with Crippen molar-refractivity contribution in [3.63, 3.8) is 0 Å². The van der Waals surface area contributed by atoms with E-state index in [0.717, 1.165) is 41.7 Å². The normalized spacial score (nSPS) is 11.9. The number of benzene rings is 2. The van der Waals surface area contributed by atoms with E-state index in [1.54, 1.807) is 7.11 Å². The Morgan fingerprint density at radius 2 is 1.78 bits per heavy atom. The molecule has 0 aliphatic rings. The Labute approximate surface area is 161 Å². The maximum Gasteiger partial charge on any atom is 0.242 e. The quantitative estimate of drug-likeness (QED) is 0.609. The molecule has 0 saturated heterocycles. The van der Waals surface area contributed by atoms with Crippen LogP contribution in [-0.2, 0) is 11.3 Å². The fourth-order valence-electron chi connectivity index (χ4n) is 3.49. The number of amides is 1. The summed E-state index contributed by atoms with van der Waals surface area (Å²) in [6.45, 7) is 10.6. The summed E-state index contributed by atoms with van der Waals surface area (Å²) in [6.07, 6.45) is 0.994. The minimum Gasteiger partial charge on any atom is -0.497 e. The van der Waals surface area contributed by atoms with Crippen LogP contribution in [0.4, 0.5) is 0 Å². The van der Waals surface area contributed by atoms with Crippen molar-refractivity contribution in [3.8, 4) is 5.75 Å². The summed E-state index contributed by atoms with van der Waals surface area (Å²) >= 11 is 0. The van der Waals surface area contributed by atoms with E-state index in [1.165, 1.54) is 5.39 Å². The van der Waals surface area contributed by atoms with Gasteiger partial charge in [0.05, 0.1) is 12.6 Å². The Morgan fingerprint density at radius 3 is 2.44 bits per heavy atom. The average molecular weight is 367 g/mol. The molecule has 1 amide bonds. The second-order valence-corrected chi connectivity index (χ2v) is 8.27. The van der Waals surface area contributed by atoms with Gasteiger partial charge in [0.1, 0.15) is 12.3 Å². The zero-order chi connectivity index (χ0) is 19.6. The molecule has 0 fully saturated rings. The lowest BCUT2D eigenvalue weighted by Crippen LogP contribution is -2.35. The molecule has 0 aliphatic carbocycles. The molecule has 3 rings (SSSR count). The number of carbonyl (C=O) groups excluding carboxylic acids is 1. The Kier molecular flexibility index (Phi) is 5.45. The van der Waals surface area contributed by atoms with Crippen LogP contribution >= 0.6 is 0 Å². The number of likely N-dealkylation sites (N-methyl/N-ethyl adjacent to an activating group) is 1. The third kappa shape index (κ3) is 4.10. The molecule has 0 N–H and O–H groups in total. The largest absolute Gasteiger partial charge is 0.497 e. The summed E-state index contributed by atoms with van der Waals surface area (Å²) in [4.78, 5) is 15.0. The van der Waals surface area contributed by atoms with Gasteiger partial charge in [-0.3, -0.25) is 4.79 Å². The second-order valence-electron chi connectivity index (χ2n) is 8.27. The number of aromatic nitrogens is 1. The van der Waals surface area contributed by atoms with E-state index in [0.29, 0.717) is 6.54 Å². The molecular formula is C23H30N2O2. The number of para-hydroxylation sites is 1. The van der Waals surface area contributed by atoms with Crippen molar-refractivity contribution in [2.75, 3.05) is 20.2 Å². The van der Waals surface area contributed by atoms with Gasteiger partial charge >= 0.3 is 0 Å². The Balaban J connectivity index is 1.98. The Morgan fingerprint density at radius 1 is 1.07 bits per heavy atom. The van der Waals surface area contributed by atoms with Gasteiger partial charge in [0, 0.05) is 35.4 Å². The van der Waals surface area contributed by atoms with Gasteiger partial charge in [-0.15, -0.1) is 0 Å². The van der Waals surface area contributed by atoms with Crippen LogP contribution < -0.4 is 4.74 Å². The number of methoxy groups -OCH3 is 1. The lowest BCUT2D eigenvalue weighted by Gasteiger charge is -2.26. The van der Waals surface area contributed by atoms with Crippen LogP contribution in [0.15, 0.2) is 42.5 Å². The molecule has 0 bridgehead atoms. The van der Waals surface area contributed by atoms with Gasteiger partial charge in [0.2, 0.25) is 5.91 Å². The summed E-state index contributed by atoms with van der Waals surface area (Å²) in [6, 6.07) is 14.3. The monoisotopic (exact) mass is 366 g/mol. The molecule has 0 radical (unpaired) electrons. The van der Waals surface area contributed by atoms with Crippen LogP contribution in [0.3, 0.4) is 0 Å². The zero-order valence-corrected chi connectivity index (χ0v) is 17.1. The number of carbonyl (C=O) groups is 1. The fraction of sp³-hybridized carbons (Fsp3) is 0.435. The van der Waals surface area contributed by atoms with E-state index < -0.39 is 0 Å². The first kappa shape index (κ1) is 19.3. The summed E-state index contributed by atoms with van der Waals surface area (Å²) in [5.74, 6) is 0.964. The van der Waals surface area contributed by atoms with Crippen molar-refractivity contribution in [2.45, 2.75) is 40.7 Å². The molecule has 1 aromatic heterocycles. The minimum atomic E-state index is 0.159. The van der Waals surface area contributed by atoms with Gasteiger partial charge in [-0.05, 0) is 37.0 Å². The van der Waals surface area contributed by atoms with Crippen LogP contribution in [0, 0.1) is 5.41 Å². The van der Waals surface area contributed by atoms with Crippen molar-refractivity contribution in [2.24, 2.45) is 5.41 Å². The van der Waals surface area contributed by atoms with Crippen molar-refractivity contribution < 1.29 is 9.53 Å². The first-order valence-corrected chi connectivity index (χ1v) is 9.67. The predicted molar refractivity (Wildman–Crippen MR) is 112 cm³/mol. The molecule has 0 saturated carbocycles. The van der Waals surface area contributed by atoms with Gasteiger partial charge in [-0.25, -0.2) is 0 Å². The molecule has 0 unspecified atom stereocenters. The highest BCUT2D eigenvalue weighted by Gasteiger charge is 2.19. The minimum absolute atomic E-state index is 0.159.